The third kappa shape index (κ3) is 3.05. The number of rotatable bonds is 4. The minimum atomic E-state index is -3.57. The molecule has 0 aliphatic carbocycles. The van der Waals surface area contributed by atoms with E-state index in [4.69, 9.17) is 5.73 Å². The third-order valence-electron chi connectivity index (χ3n) is 2.64. The molecule has 0 saturated heterocycles. The Bertz CT molecular complexity index is 693. The zero-order valence-corrected chi connectivity index (χ0v) is 12.3. The molecule has 0 amide bonds. The number of nitrogens with two attached hydrogens (primary N) is 1. The van der Waals surface area contributed by atoms with Crippen LogP contribution in [0.15, 0.2) is 28.6 Å². The number of hydrogen-bond donors (Lipinski definition) is 2. The van der Waals surface area contributed by atoms with Gasteiger partial charge in [-0.15, -0.1) is 11.3 Å². The van der Waals surface area contributed by atoms with Crippen LogP contribution in [0.3, 0.4) is 0 Å². The van der Waals surface area contributed by atoms with E-state index >= 15 is 0 Å². The summed E-state index contributed by atoms with van der Waals surface area (Å²) in [6.45, 7) is 3.79. The van der Waals surface area contributed by atoms with E-state index in [0.717, 1.165) is 16.9 Å². The van der Waals surface area contributed by atoms with Crippen LogP contribution in [0, 0.1) is 6.92 Å². The van der Waals surface area contributed by atoms with Gasteiger partial charge in [-0.05, 0) is 37.1 Å². The molecule has 0 aliphatic heterocycles. The standard InChI is InChI=1S/C12H15N3O2S2/c1-3-9-4-5-12(18-9)19(16,17)15-11-6-8(2)10(13)7-14-11/h4-7H,3,13H2,1-2H3,(H,14,15). The second kappa shape index (κ2) is 5.18. The normalized spacial score (nSPS) is 11.5. The molecular formula is C12H15N3O2S2. The highest BCUT2D eigenvalue weighted by molar-refractivity contribution is 7.94. The summed E-state index contributed by atoms with van der Waals surface area (Å²) in [5.41, 5.74) is 6.97. The topological polar surface area (TPSA) is 85.1 Å². The maximum atomic E-state index is 12.2. The van der Waals surface area contributed by atoms with Gasteiger partial charge in [-0.25, -0.2) is 13.4 Å². The molecule has 3 N–H and O–H groups in total. The van der Waals surface area contributed by atoms with Crippen LogP contribution in [-0.2, 0) is 16.4 Å². The number of pyridine rings is 1. The number of hydrogen-bond acceptors (Lipinski definition) is 5. The van der Waals surface area contributed by atoms with Crippen molar-refractivity contribution in [3.63, 3.8) is 0 Å². The zero-order valence-electron chi connectivity index (χ0n) is 10.7. The molecule has 5 nitrogen and oxygen atoms in total. The molecule has 0 radical (unpaired) electrons. The summed E-state index contributed by atoms with van der Waals surface area (Å²) in [6.07, 6.45) is 2.26. The Labute approximate surface area is 116 Å². The van der Waals surface area contributed by atoms with Gasteiger partial charge in [-0.3, -0.25) is 4.72 Å². The SMILES string of the molecule is CCc1ccc(S(=O)(=O)Nc2cc(C)c(N)cn2)s1. The number of anilines is 2. The van der Waals surface area contributed by atoms with E-state index in [1.54, 1.807) is 19.1 Å². The highest BCUT2D eigenvalue weighted by Crippen LogP contribution is 2.24. The molecule has 0 atom stereocenters. The molecule has 102 valence electrons. The van der Waals surface area contributed by atoms with Crippen molar-refractivity contribution in [3.05, 3.63) is 34.8 Å². The largest absolute Gasteiger partial charge is 0.397 e. The number of aromatic nitrogens is 1. The summed E-state index contributed by atoms with van der Waals surface area (Å²) in [5.74, 6) is 0.276. The van der Waals surface area contributed by atoms with Crippen molar-refractivity contribution >= 4 is 32.9 Å². The molecule has 0 bridgehead atoms. The van der Waals surface area contributed by atoms with Crippen molar-refractivity contribution in [2.24, 2.45) is 0 Å². The molecule has 0 spiro atoms. The van der Waals surface area contributed by atoms with Gasteiger partial charge >= 0.3 is 0 Å². The summed E-state index contributed by atoms with van der Waals surface area (Å²) < 4.78 is 27.1. The maximum absolute atomic E-state index is 12.2. The maximum Gasteiger partial charge on any atom is 0.272 e. The molecule has 7 heteroatoms. The van der Waals surface area contributed by atoms with E-state index < -0.39 is 10.0 Å². The fourth-order valence-corrected chi connectivity index (χ4v) is 3.80. The molecule has 2 aromatic heterocycles. The van der Waals surface area contributed by atoms with Gasteiger partial charge in [0.25, 0.3) is 10.0 Å². The van der Waals surface area contributed by atoms with Gasteiger partial charge in [0.05, 0.1) is 11.9 Å². The number of thiophene rings is 1. The number of nitrogens with one attached hydrogen (secondary N) is 1. The summed E-state index contributed by atoms with van der Waals surface area (Å²) in [4.78, 5) is 5.00. The predicted octanol–water partition coefficient (Wildman–Crippen LogP) is 2.40. The summed E-state index contributed by atoms with van der Waals surface area (Å²) in [6, 6.07) is 5.04. The second-order valence-corrected chi connectivity index (χ2v) is 7.18. The van der Waals surface area contributed by atoms with Crippen molar-refractivity contribution < 1.29 is 8.42 Å². The van der Waals surface area contributed by atoms with Crippen molar-refractivity contribution in [1.82, 2.24) is 4.98 Å². The van der Waals surface area contributed by atoms with E-state index in [9.17, 15) is 8.42 Å². The van der Waals surface area contributed by atoms with E-state index in [1.165, 1.54) is 17.5 Å². The van der Waals surface area contributed by atoms with Gasteiger partial charge in [-0.1, -0.05) is 6.92 Å². The van der Waals surface area contributed by atoms with Crippen LogP contribution in [-0.4, -0.2) is 13.4 Å². The molecule has 0 aromatic carbocycles. The minimum Gasteiger partial charge on any atom is -0.397 e. The first-order chi connectivity index (χ1) is 8.92. The Morgan fingerprint density at radius 3 is 2.74 bits per heavy atom. The van der Waals surface area contributed by atoms with Crippen molar-refractivity contribution in [2.45, 2.75) is 24.5 Å². The first-order valence-electron chi connectivity index (χ1n) is 5.76. The lowest BCUT2D eigenvalue weighted by Gasteiger charge is -2.07. The van der Waals surface area contributed by atoms with Gasteiger partial charge in [0.1, 0.15) is 10.0 Å². The number of nitrogen functional groups attached to an aromatic ring is 1. The lowest BCUT2D eigenvalue weighted by Crippen LogP contribution is -2.12. The lowest BCUT2D eigenvalue weighted by molar-refractivity contribution is 0.603. The molecule has 0 saturated carbocycles. The Hall–Kier alpha value is -1.60. The highest BCUT2D eigenvalue weighted by atomic mass is 32.2. The molecule has 2 rings (SSSR count). The Kier molecular flexibility index (Phi) is 3.77. The van der Waals surface area contributed by atoms with E-state index in [2.05, 4.69) is 9.71 Å². The summed E-state index contributed by atoms with van der Waals surface area (Å²) >= 11 is 1.26. The fraction of sp³-hybridized carbons (Fsp3) is 0.250. The van der Waals surface area contributed by atoms with Gasteiger partial charge in [0.2, 0.25) is 0 Å². The van der Waals surface area contributed by atoms with Crippen molar-refractivity contribution in [1.29, 1.82) is 0 Å². The van der Waals surface area contributed by atoms with Crippen LogP contribution in [0.4, 0.5) is 11.5 Å². The Morgan fingerprint density at radius 2 is 2.16 bits per heavy atom. The Morgan fingerprint density at radius 1 is 1.42 bits per heavy atom. The molecular weight excluding hydrogens is 282 g/mol. The monoisotopic (exact) mass is 297 g/mol. The number of sulfonamides is 1. The smallest absolute Gasteiger partial charge is 0.272 e. The van der Waals surface area contributed by atoms with Gasteiger partial charge < -0.3 is 5.73 Å². The fourth-order valence-electron chi connectivity index (χ4n) is 1.50. The molecule has 2 heterocycles. The van der Waals surface area contributed by atoms with Gasteiger partial charge in [-0.2, -0.15) is 0 Å². The van der Waals surface area contributed by atoms with Gasteiger partial charge in [0.15, 0.2) is 0 Å². The van der Waals surface area contributed by atoms with E-state index in [1.807, 2.05) is 13.0 Å². The summed E-state index contributed by atoms with van der Waals surface area (Å²) in [7, 11) is -3.57. The number of nitrogens with zero attached hydrogens (tertiary/aromatic N) is 1. The predicted molar refractivity (Wildman–Crippen MR) is 77.9 cm³/mol. The van der Waals surface area contributed by atoms with E-state index in [-0.39, 0.29) is 5.82 Å². The highest BCUT2D eigenvalue weighted by Gasteiger charge is 2.17. The van der Waals surface area contributed by atoms with Crippen LogP contribution in [0.2, 0.25) is 0 Å². The average molecular weight is 297 g/mol. The van der Waals surface area contributed by atoms with Crippen LogP contribution >= 0.6 is 11.3 Å². The van der Waals surface area contributed by atoms with Crippen LogP contribution in [0.25, 0.3) is 0 Å². The average Bonchev–Trinajstić information content (AvgIpc) is 2.83. The lowest BCUT2D eigenvalue weighted by atomic mass is 10.2. The van der Waals surface area contributed by atoms with Crippen LogP contribution < -0.4 is 10.5 Å². The Balaban J connectivity index is 2.28. The molecule has 0 fully saturated rings. The van der Waals surface area contributed by atoms with Crippen LogP contribution in [0.5, 0.6) is 0 Å². The van der Waals surface area contributed by atoms with Crippen LogP contribution in [0.1, 0.15) is 17.4 Å². The van der Waals surface area contributed by atoms with Crippen molar-refractivity contribution in [2.75, 3.05) is 10.5 Å². The zero-order chi connectivity index (χ0) is 14.0. The molecule has 2 aromatic rings. The molecule has 0 unspecified atom stereocenters. The summed E-state index contributed by atoms with van der Waals surface area (Å²) in [5, 5.41) is 0. The van der Waals surface area contributed by atoms with Gasteiger partial charge in [0, 0.05) is 4.88 Å². The van der Waals surface area contributed by atoms with E-state index in [0.29, 0.717) is 9.90 Å². The second-order valence-electron chi connectivity index (χ2n) is 4.11. The third-order valence-corrected chi connectivity index (χ3v) is 5.72. The molecule has 19 heavy (non-hydrogen) atoms. The number of aryl methyl sites for hydroxylation is 2. The first kappa shape index (κ1) is 13.8. The van der Waals surface area contributed by atoms with Crippen molar-refractivity contribution in [3.8, 4) is 0 Å². The quantitative estimate of drug-likeness (QED) is 0.907. The first-order valence-corrected chi connectivity index (χ1v) is 8.06. The molecule has 0 aliphatic rings. The minimum absolute atomic E-state index is 0.276.